The Balaban J connectivity index is 4.00. The van der Waals surface area contributed by atoms with Gasteiger partial charge in [-0.25, -0.2) is 0 Å². The molecule has 0 N–H and O–H groups in total. The molecule has 1 heteroatoms. The van der Waals surface area contributed by atoms with E-state index < -0.39 is 11.7 Å². The third-order valence-corrected chi connectivity index (χ3v) is 1.00. The van der Waals surface area contributed by atoms with Crippen LogP contribution >= 0.6 is 15.9 Å². The molecule has 44 valence electrons. The number of rotatable bonds is 4. The van der Waals surface area contributed by atoms with E-state index in [0.29, 0.717) is 0 Å². The quantitative estimate of drug-likeness (QED) is 0.567. The molecule has 0 bridgehead atoms. The molecule has 7 heavy (non-hydrogen) atoms. The maximum atomic E-state index is 7.33. The van der Waals surface area contributed by atoms with Gasteiger partial charge in [-0.05, 0) is 6.37 Å². The van der Waals surface area contributed by atoms with Crippen LogP contribution in [0.2, 0.25) is 0 Å². The van der Waals surface area contributed by atoms with Gasteiger partial charge in [0.2, 0.25) is 0 Å². The zero-order valence-corrected chi connectivity index (χ0v) is 6.09. The van der Waals surface area contributed by atoms with Crippen LogP contribution in [0.1, 0.15) is 38.0 Å². The molecule has 0 aromatic carbocycles. The van der Waals surface area contributed by atoms with Crippen LogP contribution in [0.15, 0.2) is 0 Å². The average Bonchev–Trinajstić information content (AvgIpc) is 1.81. The minimum atomic E-state index is -1.91. The van der Waals surface area contributed by atoms with Crippen molar-refractivity contribution in [3.8, 4) is 0 Å². The summed E-state index contributed by atoms with van der Waals surface area (Å²) in [4.78, 5) is 0. The topological polar surface area (TPSA) is 0 Å². The van der Waals surface area contributed by atoms with E-state index in [1.165, 1.54) is 0 Å². The predicted octanol–water partition coefficient (Wildman–Crippen LogP) is 2.96. The van der Waals surface area contributed by atoms with Crippen molar-refractivity contribution in [3.05, 3.63) is 0 Å². The van der Waals surface area contributed by atoms with Gasteiger partial charge in [-0.3, -0.25) is 0 Å². The molecule has 0 aromatic rings. The molecular formula is C6H13Br. The van der Waals surface area contributed by atoms with Crippen molar-refractivity contribution in [1.82, 2.24) is 0 Å². The van der Waals surface area contributed by atoms with E-state index in [9.17, 15) is 0 Å². The second-order valence-corrected chi connectivity index (χ2v) is 1.77. The van der Waals surface area contributed by atoms with E-state index in [2.05, 4.69) is 15.9 Å². The van der Waals surface area contributed by atoms with Crippen LogP contribution in [0, 0.1) is 0 Å². The second-order valence-electron chi connectivity index (χ2n) is 1.37. The highest BCUT2D eigenvalue weighted by atomic mass is 79.9. The SMILES string of the molecule is [2H]C([2H])(Br)C([2H])([2H])CCCC. The van der Waals surface area contributed by atoms with Gasteiger partial charge < -0.3 is 0 Å². The van der Waals surface area contributed by atoms with Gasteiger partial charge >= 0.3 is 0 Å². The molecule has 0 fully saturated rings. The average molecular weight is 169 g/mol. The van der Waals surface area contributed by atoms with Crippen molar-refractivity contribution in [2.45, 2.75) is 32.6 Å². The van der Waals surface area contributed by atoms with Crippen molar-refractivity contribution in [1.29, 1.82) is 0 Å². The fourth-order valence-corrected chi connectivity index (χ4v) is 0.511. The van der Waals surface area contributed by atoms with Crippen LogP contribution in [0.3, 0.4) is 0 Å². The number of alkyl halides is 1. The summed E-state index contributed by atoms with van der Waals surface area (Å²) in [5.74, 6) is 0. The molecular weight excluding hydrogens is 152 g/mol. The number of halogens is 1. The summed E-state index contributed by atoms with van der Waals surface area (Å²) in [7, 11) is 0. The molecule has 0 atom stereocenters. The lowest BCUT2D eigenvalue weighted by atomic mass is 10.2. The fourth-order valence-electron chi connectivity index (χ4n) is 0.312. The Labute approximate surface area is 60.1 Å². The monoisotopic (exact) mass is 168 g/mol. The Bertz CT molecular complexity index is 118. The standard InChI is InChI=1S/C6H13Br/c1-2-3-4-5-6-7/h2-6H2,1H3/i5D2,6D2. The number of hydrogen-bond donors (Lipinski definition) is 0. The summed E-state index contributed by atoms with van der Waals surface area (Å²) in [6.45, 7) is 1.96. The van der Waals surface area contributed by atoms with Crippen LogP contribution in [0.5, 0.6) is 0 Å². The van der Waals surface area contributed by atoms with Crippen molar-refractivity contribution < 1.29 is 5.48 Å². The lowest BCUT2D eigenvalue weighted by Crippen LogP contribution is -1.73. The van der Waals surface area contributed by atoms with Crippen LogP contribution in [-0.2, 0) is 0 Å². The van der Waals surface area contributed by atoms with E-state index in [4.69, 9.17) is 5.48 Å². The highest BCUT2D eigenvalue weighted by Crippen LogP contribution is 1.99. The third kappa shape index (κ3) is 6.48. The molecule has 0 saturated carbocycles. The van der Waals surface area contributed by atoms with Gasteiger partial charge in [0.05, 0.1) is 0 Å². The van der Waals surface area contributed by atoms with E-state index in [0.717, 1.165) is 12.8 Å². The van der Waals surface area contributed by atoms with Gasteiger partial charge in [0.15, 0.2) is 0 Å². The third-order valence-electron chi connectivity index (χ3n) is 0.722. The van der Waals surface area contributed by atoms with Crippen LogP contribution in [0.25, 0.3) is 0 Å². The Hall–Kier alpha value is 0.480. The Morgan fingerprint density at radius 1 is 1.57 bits per heavy atom. The van der Waals surface area contributed by atoms with E-state index in [1.54, 1.807) is 0 Å². The van der Waals surface area contributed by atoms with Gasteiger partial charge in [0.1, 0.15) is 0 Å². The molecule has 0 aliphatic heterocycles. The first kappa shape index (κ1) is 2.86. The largest absolute Gasteiger partial charge is 0.0928 e. The molecule has 0 saturated heterocycles. The minimum Gasteiger partial charge on any atom is -0.0928 e. The summed E-state index contributed by atoms with van der Waals surface area (Å²) in [5, 5.41) is -1.91. The predicted molar refractivity (Wildman–Crippen MR) is 37.9 cm³/mol. The molecule has 0 rings (SSSR count). The van der Waals surface area contributed by atoms with E-state index in [1.807, 2.05) is 6.92 Å². The van der Waals surface area contributed by atoms with Crippen LogP contribution < -0.4 is 0 Å². The first-order valence-electron chi connectivity index (χ1n) is 4.50. The van der Waals surface area contributed by atoms with Crippen molar-refractivity contribution in [2.24, 2.45) is 0 Å². The summed E-state index contributed by atoms with van der Waals surface area (Å²) in [6, 6.07) is 0. The van der Waals surface area contributed by atoms with Crippen molar-refractivity contribution in [2.75, 3.05) is 5.28 Å². The molecule has 0 amide bonds. The van der Waals surface area contributed by atoms with Crippen LogP contribution in [-0.4, -0.2) is 5.28 Å². The smallest absolute Gasteiger partial charge is 0.0387 e. The Morgan fingerprint density at radius 2 is 2.29 bits per heavy atom. The number of hydrogen-bond acceptors (Lipinski definition) is 0. The lowest BCUT2D eigenvalue weighted by molar-refractivity contribution is 0.708. The fraction of sp³-hybridized carbons (Fsp3) is 1.00. The Kier molecular flexibility index (Phi) is 2.65. The molecule has 0 radical (unpaired) electrons. The maximum Gasteiger partial charge on any atom is 0.0387 e. The van der Waals surface area contributed by atoms with Crippen LogP contribution in [0.4, 0.5) is 0 Å². The molecule has 0 spiro atoms. The summed E-state index contributed by atoms with van der Waals surface area (Å²) < 4.78 is 28.9. The van der Waals surface area contributed by atoms with Gasteiger partial charge in [0.25, 0.3) is 0 Å². The molecule has 0 unspecified atom stereocenters. The summed E-state index contributed by atoms with van der Waals surface area (Å²) in [5.41, 5.74) is 0. The number of unbranched alkanes of at least 4 members (excludes halogenated alkanes) is 1. The Morgan fingerprint density at radius 3 is 2.71 bits per heavy atom. The van der Waals surface area contributed by atoms with Crippen molar-refractivity contribution in [3.63, 3.8) is 0 Å². The first-order valence-corrected chi connectivity index (χ1v) is 3.29. The highest BCUT2D eigenvalue weighted by Gasteiger charge is 1.81. The van der Waals surface area contributed by atoms with Gasteiger partial charge in [-0.15, -0.1) is 0 Å². The van der Waals surface area contributed by atoms with Crippen molar-refractivity contribution >= 4 is 15.9 Å². The zero-order chi connectivity index (χ0) is 9.12. The first-order chi connectivity index (χ1) is 4.81. The summed E-state index contributed by atoms with van der Waals surface area (Å²) >= 11 is 2.69. The zero-order valence-electron chi connectivity index (χ0n) is 8.50. The lowest BCUT2D eigenvalue weighted by Gasteiger charge is -1.89. The van der Waals surface area contributed by atoms with Gasteiger partial charge in [-0.2, -0.15) is 0 Å². The molecule has 0 aromatic heterocycles. The normalized spacial score (nSPS) is 22.0. The second kappa shape index (κ2) is 6.48. The van der Waals surface area contributed by atoms with Gasteiger partial charge in [-0.1, -0.05) is 42.1 Å². The molecule has 0 heterocycles. The molecule has 0 aliphatic carbocycles. The minimum absolute atomic E-state index is 0.266. The molecule has 0 aliphatic rings. The highest BCUT2D eigenvalue weighted by molar-refractivity contribution is 9.09. The maximum absolute atomic E-state index is 7.33. The van der Waals surface area contributed by atoms with E-state index in [-0.39, 0.29) is 6.42 Å². The van der Waals surface area contributed by atoms with Gasteiger partial charge in [0, 0.05) is 10.8 Å². The molecule has 0 nitrogen and oxygen atoms in total. The van der Waals surface area contributed by atoms with E-state index >= 15 is 0 Å². The summed E-state index contributed by atoms with van der Waals surface area (Å²) in [6.07, 6.45) is 0.117.